The van der Waals surface area contributed by atoms with Crippen molar-refractivity contribution in [3.05, 3.63) is 66.0 Å². The van der Waals surface area contributed by atoms with Crippen molar-refractivity contribution in [3.63, 3.8) is 0 Å². The summed E-state index contributed by atoms with van der Waals surface area (Å²) in [7, 11) is 0. The summed E-state index contributed by atoms with van der Waals surface area (Å²) in [6, 6.07) is 16.0. The third-order valence-electron chi connectivity index (χ3n) is 2.37. The summed E-state index contributed by atoms with van der Waals surface area (Å²) in [6.07, 6.45) is -0.155. The van der Waals surface area contributed by atoms with Crippen LogP contribution in [0.5, 0.6) is 5.75 Å². The number of halogens is 1. The van der Waals surface area contributed by atoms with Gasteiger partial charge in [-0.1, -0.05) is 30.3 Å². The minimum atomic E-state index is -0.235. The van der Waals surface area contributed by atoms with Gasteiger partial charge >= 0.3 is 0 Å². The van der Waals surface area contributed by atoms with Gasteiger partial charge in [0.25, 0.3) is 0 Å². The number of rotatable bonds is 3. The van der Waals surface area contributed by atoms with Crippen LogP contribution in [0.1, 0.15) is 18.6 Å². The molecule has 1 unspecified atom stereocenters. The van der Waals surface area contributed by atoms with Gasteiger partial charge in [-0.25, -0.2) is 4.39 Å². The molecule has 0 amide bonds. The number of para-hydroxylation sites is 1. The second-order valence-corrected chi connectivity index (χ2v) is 3.63. The van der Waals surface area contributed by atoms with E-state index in [2.05, 4.69) is 0 Å². The van der Waals surface area contributed by atoms with Gasteiger partial charge < -0.3 is 4.74 Å². The molecule has 82 valence electrons. The first-order valence-corrected chi connectivity index (χ1v) is 5.23. The van der Waals surface area contributed by atoms with Crippen molar-refractivity contribution in [1.29, 1.82) is 0 Å². The van der Waals surface area contributed by atoms with Crippen LogP contribution in [0.4, 0.5) is 4.39 Å². The summed E-state index contributed by atoms with van der Waals surface area (Å²) >= 11 is 0. The van der Waals surface area contributed by atoms with Crippen LogP contribution in [0.2, 0.25) is 0 Å². The van der Waals surface area contributed by atoms with Crippen molar-refractivity contribution in [2.24, 2.45) is 0 Å². The molecule has 0 bridgehead atoms. The Morgan fingerprint density at radius 3 is 2.44 bits per heavy atom. The number of hydrogen-bond donors (Lipinski definition) is 0. The standard InChI is InChI=1S/C14H13FO/c1-11(12-6-5-7-13(15)10-12)16-14-8-3-2-4-9-14/h2-11H,1H3. The van der Waals surface area contributed by atoms with Crippen molar-refractivity contribution < 1.29 is 9.13 Å². The van der Waals surface area contributed by atoms with Gasteiger partial charge in [-0.05, 0) is 36.8 Å². The van der Waals surface area contributed by atoms with Gasteiger partial charge in [0.15, 0.2) is 0 Å². The Morgan fingerprint density at radius 2 is 1.75 bits per heavy atom. The highest BCUT2D eigenvalue weighted by molar-refractivity contribution is 5.24. The molecule has 0 radical (unpaired) electrons. The van der Waals surface area contributed by atoms with Gasteiger partial charge in [0, 0.05) is 0 Å². The van der Waals surface area contributed by atoms with Gasteiger partial charge in [0.2, 0.25) is 0 Å². The second-order valence-electron chi connectivity index (χ2n) is 3.63. The third kappa shape index (κ3) is 2.60. The molecule has 0 saturated carbocycles. The lowest BCUT2D eigenvalue weighted by atomic mass is 10.1. The summed E-state index contributed by atoms with van der Waals surface area (Å²) in [5, 5.41) is 0. The monoisotopic (exact) mass is 216 g/mol. The molecule has 0 N–H and O–H groups in total. The fraction of sp³-hybridized carbons (Fsp3) is 0.143. The van der Waals surface area contributed by atoms with Crippen molar-refractivity contribution in [1.82, 2.24) is 0 Å². The summed E-state index contributed by atoms with van der Waals surface area (Å²) in [4.78, 5) is 0. The van der Waals surface area contributed by atoms with Crippen LogP contribution >= 0.6 is 0 Å². The van der Waals surface area contributed by atoms with Crippen LogP contribution < -0.4 is 4.74 Å². The number of ether oxygens (including phenoxy) is 1. The van der Waals surface area contributed by atoms with Crippen LogP contribution in [0.15, 0.2) is 54.6 Å². The summed E-state index contributed by atoms with van der Waals surface area (Å²) < 4.78 is 18.7. The van der Waals surface area contributed by atoms with Crippen LogP contribution in [0.25, 0.3) is 0 Å². The highest BCUT2D eigenvalue weighted by Crippen LogP contribution is 2.21. The van der Waals surface area contributed by atoms with E-state index in [-0.39, 0.29) is 11.9 Å². The van der Waals surface area contributed by atoms with E-state index < -0.39 is 0 Å². The molecule has 1 atom stereocenters. The van der Waals surface area contributed by atoms with E-state index in [1.54, 1.807) is 6.07 Å². The Labute approximate surface area is 94.5 Å². The lowest BCUT2D eigenvalue weighted by Gasteiger charge is -2.14. The summed E-state index contributed by atoms with van der Waals surface area (Å²) in [5.74, 6) is 0.556. The molecule has 0 heterocycles. The lowest BCUT2D eigenvalue weighted by Crippen LogP contribution is -2.03. The molecule has 1 nitrogen and oxygen atoms in total. The maximum absolute atomic E-state index is 13.0. The molecule has 16 heavy (non-hydrogen) atoms. The topological polar surface area (TPSA) is 9.23 Å². The molecular weight excluding hydrogens is 203 g/mol. The highest BCUT2D eigenvalue weighted by Gasteiger charge is 2.07. The average Bonchev–Trinajstić information content (AvgIpc) is 2.30. The normalized spacial score (nSPS) is 12.1. The summed E-state index contributed by atoms with van der Waals surface area (Å²) in [6.45, 7) is 1.90. The van der Waals surface area contributed by atoms with Crippen molar-refractivity contribution in [2.45, 2.75) is 13.0 Å². The van der Waals surface area contributed by atoms with Gasteiger partial charge in [-0.15, -0.1) is 0 Å². The molecule has 0 aliphatic heterocycles. The molecule has 0 fully saturated rings. The molecule has 2 aromatic carbocycles. The first-order valence-electron chi connectivity index (χ1n) is 5.23. The second kappa shape index (κ2) is 4.79. The van der Waals surface area contributed by atoms with Gasteiger partial charge in [-0.2, -0.15) is 0 Å². The quantitative estimate of drug-likeness (QED) is 0.754. The smallest absolute Gasteiger partial charge is 0.123 e. The number of benzene rings is 2. The van der Waals surface area contributed by atoms with E-state index >= 15 is 0 Å². The van der Waals surface area contributed by atoms with Gasteiger partial charge in [-0.3, -0.25) is 0 Å². The van der Waals surface area contributed by atoms with Crippen LogP contribution in [-0.4, -0.2) is 0 Å². The molecule has 2 aromatic rings. The van der Waals surface area contributed by atoms with Crippen molar-refractivity contribution >= 4 is 0 Å². The van der Waals surface area contributed by atoms with Crippen LogP contribution in [0, 0.1) is 5.82 Å². The maximum Gasteiger partial charge on any atom is 0.123 e. The van der Waals surface area contributed by atoms with E-state index in [0.29, 0.717) is 0 Å². The maximum atomic E-state index is 13.0. The molecule has 2 rings (SSSR count). The minimum Gasteiger partial charge on any atom is -0.486 e. The van der Waals surface area contributed by atoms with E-state index in [4.69, 9.17) is 4.74 Å². The zero-order valence-corrected chi connectivity index (χ0v) is 9.06. The largest absolute Gasteiger partial charge is 0.486 e. The van der Waals surface area contributed by atoms with E-state index in [0.717, 1.165) is 11.3 Å². The third-order valence-corrected chi connectivity index (χ3v) is 2.37. The first-order chi connectivity index (χ1) is 7.75. The molecule has 0 saturated heterocycles. The molecule has 0 aliphatic carbocycles. The van der Waals surface area contributed by atoms with Crippen LogP contribution in [0.3, 0.4) is 0 Å². The molecular formula is C14H13FO. The molecule has 2 heteroatoms. The Morgan fingerprint density at radius 1 is 1.00 bits per heavy atom. The predicted octanol–water partition coefficient (Wildman–Crippen LogP) is 3.97. The predicted molar refractivity (Wildman–Crippen MR) is 61.9 cm³/mol. The minimum absolute atomic E-state index is 0.155. The Bertz CT molecular complexity index is 453. The molecule has 0 aromatic heterocycles. The Kier molecular flexibility index (Phi) is 3.20. The summed E-state index contributed by atoms with van der Waals surface area (Å²) in [5.41, 5.74) is 0.837. The first kappa shape index (κ1) is 10.7. The SMILES string of the molecule is CC(Oc1ccccc1)c1cccc(F)c1. The van der Waals surface area contributed by atoms with E-state index in [1.165, 1.54) is 12.1 Å². The fourth-order valence-corrected chi connectivity index (χ4v) is 1.53. The zero-order chi connectivity index (χ0) is 11.4. The Hall–Kier alpha value is -1.83. The molecule has 0 aliphatic rings. The van der Waals surface area contributed by atoms with Crippen molar-refractivity contribution in [2.75, 3.05) is 0 Å². The van der Waals surface area contributed by atoms with Gasteiger partial charge in [0.1, 0.15) is 17.7 Å². The van der Waals surface area contributed by atoms with E-state index in [1.807, 2.05) is 43.3 Å². The van der Waals surface area contributed by atoms with Gasteiger partial charge in [0.05, 0.1) is 0 Å². The van der Waals surface area contributed by atoms with E-state index in [9.17, 15) is 4.39 Å². The zero-order valence-electron chi connectivity index (χ0n) is 9.06. The van der Waals surface area contributed by atoms with Crippen LogP contribution in [-0.2, 0) is 0 Å². The van der Waals surface area contributed by atoms with Crippen molar-refractivity contribution in [3.8, 4) is 5.75 Å². The Balaban J connectivity index is 2.12. The number of hydrogen-bond acceptors (Lipinski definition) is 1. The highest BCUT2D eigenvalue weighted by atomic mass is 19.1. The fourth-order valence-electron chi connectivity index (χ4n) is 1.53. The molecule has 0 spiro atoms. The lowest BCUT2D eigenvalue weighted by molar-refractivity contribution is 0.226. The average molecular weight is 216 g/mol.